The molecule has 2 saturated heterocycles. The van der Waals surface area contributed by atoms with Gasteiger partial charge in [-0.1, -0.05) is 6.92 Å². The molecule has 0 radical (unpaired) electrons. The van der Waals surface area contributed by atoms with Gasteiger partial charge in [0, 0.05) is 27.2 Å². The summed E-state index contributed by atoms with van der Waals surface area (Å²) < 4.78 is 0. The molecule has 6 heteroatoms. The predicted octanol–water partition coefficient (Wildman–Crippen LogP) is 0.982. The fourth-order valence-electron chi connectivity index (χ4n) is 3.59. The number of hydrogen-bond acceptors (Lipinski definition) is 3. The third kappa shape index (κ3) is 4.12. The Hall–Kier alpha value is -1.30. The standard InChI is InChI=1S/C16H30N4O2/c1-4-19-10-7-16(8-11-19)6-5-9-20(13-16)14(21)12-17-15(22)18(2)3/h4-13H2,1-3H3,(H,17,22). The summed E-state index contributed by atoms with van der Waals surface area (Å²) in [5.41, 5.74) is 0.311. The molecule has 2 rings (SSSR count). The molecule has 2 aliphatic heterocycles. The molecule has 0 aromatic carbocycles. The van der Waals surface area contributed by atoms with E-state index in [4.69, 9.17) is 0 Å². The Kier molecular flexibility index (Phi) is 5.67. The monoisotopic (exact) mass is 310 g/mol. The second kappa shape index (κ2) is 7.31. The van der Waals surface area contributed by atoms with Gasteiger partial charge in [-0.2, -0.15) is 0 Å². The zero-order valence-electron chi connectivity index (χ0n) is 14.2. The zero-order chi connectivity index (χ0) is 16.2. The maximum Gasteiger partial charge on any atom is 0.317 e. The van der Waals surface area contributed by atoms with Crippen LogP contribution in [0.1, 0.15) is 32.6 Å². The Morgan fingerprint density at radius 1 is 1.14 bits per heavy atom. The number of likely N-dealkylation sites (tertiary alicyclic amines) is 2. The molecule has 22 heavy (non-hydrogen) atoms. The number of nitrogens with one attached hydrogen (secondary N) is 1. The van der Waals surface area contributed by atoms with Gasteiger partial charge in [0.1, 0.15) is 0 Å². The summed E-state index contributed by atoms with van der Waals surface area (Å²) >= 11 is 0. The Morgan fingerprint density at radius 3 is 2.41 bits per heavy atom. The molecular weight excluding hydrogens is 280 g/mol. The summed E-state index contributed by atoms with van der Waals surface area (Å²) in [5.74, 6) is 0.0483. The number of carbonyl (C=O) groups is 2. The van der Waals surface area contributed by atoms with E-state index in [0.29, 0.717) is 5.41 Å². The molecular formula is C16H30N4O2. The summed E-state index contributed by atoms with van der Waals surface area (Å²) in [6.45, 7) is 7.43. The Morgan fingerprint density at radius 2 is 1.82 bits per heavy atom. The van der Waals surface area contributed by atoms with Crippen molar-refractivity contribution in [3.8, 4) is 0 Å². The maximum absolute atomic E-state index is 12.4. The van der Waals surface area contributed by atoms with Crippen molar-refractivity contribution in [3.05, 3.63) is 0 Å². The van der Waals surface area contributed by atoms with Gasteiger partial charge >= 0.3 is 6.03 Å². The minimum Gasteiger partial charge on any atom is -0.341 e. The fraction of sp³-hybridized carbons (Fsp3) is 0.875. The van der Waals surface area contributed by atoms with Gasteiger partial charge in [-0.25, -0.2) is 4.79 Å². The molecule has 1 N–H and O–H groups in total. The van der Waals surface area contributed by atoms with Gasteiger partial charge in [0.2, 0.25) is 5.91 Å². The van der Waals surface area contributed by atoms with Crippen LogP contribution < -0.4 is 5.32 Å². The van der Waals surface area contributed by atoms with Gasteiger partial charge in [-0.05, 0) is 50.7 Å². The van der Waals surface area contributed by atoms with Crippen LogP contribution in [0.4, 0.5) is 4.79 Å². The first kappa shape index (κ1) is 17.1. The second-order valence-electron chi connectivity index (χ2n) is 6.91. The Balaban J connectivity index is 1.85. The Bertz CT molecular complexity index is 403. The number of rotatable bonds is 3. The highest BCUT2D eigenvalue weighted by atomic mass is 16.2. The van der Waals surface area contributed by atoms with Crippen molar-refractivity contribution in [3.63, 3.8) is 0 Å². The smallest absolute Gasteiger partial charge is 0.317 e. The van der Waals surface area contributed by atoms with E-state index in [1.165, 1.54) is 24.2 Å². The van der Waals surface area contributed by atoms with Gasteiger partial charge in [0.05, 0.1) is 6.54 Å². The number of amides is 3. The van der Waals surface area contributed by atoms with Crippen molar-refractivity contribution in [2.45, 2.75) is 32.6 Å². The van der Waals surface area contributed by atoms with Crippen LogP contribution in [0.25, 0.3) is 0 Å². The number of nitrogens with zero attached hydrogens (tertiary/aromatic N) is 3. The van der Waals surface area contributed by atoms with Gasteiger partial charge in [-0.15, -0.1) is 0 Å². The van der Waals surface area contributed by atoms with Crippen LogP contribution in [0.2, 0.25) is 0 Å². The molecule has 6 nitrogen and oxygen atoms in total. The minimum absolute atomic E-state index is 0.0483. The zero-order valence-corrected chi connectivity index (χ0v) is 14.2. The molecule has 2 heterocycles. The molecule has 0 aliphatic carbocycles. The summed E-state index contributed by atoms with van der Waals surface area (Å²) in [6, 6.07) is -0.212. The third-order valence-corrected chi connectivity index (χ3v) is 5.18. The lowest BCUT2D eigenvalue weighted by Gasteiger charge is -2.47. The first-order valence-electron chi connectivity index (χ1n) is 8.41. The van der Waals surface area contributed by atoms with Gasteiger partial charge in [0.15, 0.2) is 0 Å². The van der Waals surface area contributed by atoms with Crippen LogP contribution >= 0.6 is 0 Å². The normalized spacial score (nSPS) is 21.7. The largest absolute Gasteiger partial charge is 0.341 e. The van der Waals surface area contributed by atoms with E-state index >= 15 is 0 Å². The topological polar surface area (TPSA) is 55.9 Å². The summed E-state index contributed by atoms with van der Waals surface area (Å²) in [4.78, 5) is 29.8. The van der Waals surface area contributed by atoms with Gasteiger partial charge in [-0.3, -0.25) is 4.79 Å². The SMILES string of the molecule is CCN1CCC2(CCCN(C(=O)CNC(=O)N(C)C)C2)CC1. The number of carbonyl (C=O) groups excluding carboxylic acids is 2. The van der Waals surface area contributed by atoms with E-state index in [1.807, 2.05) is 4.90 Å². The van der Waals surface area contributed by atoms with Crippen molar-refractivity contribution in [2.75, 3.05) is 53.4 Å². The average molecular weight is 310 g/mol. The average Bonchev–Trinajstić information content (AvgIpc) is 2.53. The Labute approximate surface area is 133 Å². The highest BCUT2D eigenvalue weighted by Crippen LogP contribution is 2.39. The van der Waals surface area contributed by atoms with Crippen LogP contribution in [0.5, 0.6) is 0 Å². The summed E-state index contributed by atoms with van der Waals surface area (Å²) in [5, 5.41) is 2.67. The lowest BCUT2D eigenvalue weighted by molar-refractivity contribution is -0.134. The molecule has 126 valence electrons. The molecule has 3 amide bonds. The number of piperidine rings is 2. The molecule has 1 spiro atoms. The van der Waals surface area contributed by atoms with E-state index in [-0.39, 0.29) is 18.5 Å². The van der Waals surface area contributed by atoms with Crippen molar-refractivity contribution in [1.29, 1.82) is 0 Å². The van der Waals surface area contributed by atoms with E-state index in [1.54, 1.807) is 14.1 Å². The maximum atomic E-state index is 12.4. The molecule has 0 aromatic rings. The summed E-state index contributed by atoms with van der Waals surface area (Å²) in [7, 11) is 3.36. The molecule has 0 bridgehead atoms. The van der Waals surface area contributed by atoms with Crippen molar-refractivity contribution in [2.24, 2.45) is 5.41 Å². The highest BCUT2D eigenvalue weighted by molar-refractivity contribution is 5.83. The predicted molar refractivity (Wildman–Crippen MR) is 86.7 cm³/mol. The van der Waals surface area contributed by atoms with E-state index in [0.717, 1.165) is 39.1 Å². The molecule has 2 fully saturated rings. The van der Waals surface area contributed by atoms with Crippen molar-refractivity contribution < 1.29 is 9.59 Å². The van der Waals surface area contributed by atoms with E-state index in [2.05, 4.69) is 17.1 Å². The van der Waals surface area contributed by atoms with Crippen molar-refractivity contribution in [1.82, 2.24) is 20.0 Å². The van der Waals surface area contributed by atoms with E-state index in [9.17, 15) is 9.59 Å². The molecule has 2 aliphatic rings. The van der Waals surface area contributed by atoms with Crippen molar-refractivity contribution >= 4 is 11.9 Å². The van der Waals surface area contributed by atoms with E-state index < -0.39 is 0 Å². The highest BCUT2D eigenvalue weighted by Gasteiger charge is 2.39. The fourth-order valence-corrected chi connectivity index (χ4v) is 3.59. The number of hydrogen-bond donors (Lipinski definition) is 1. The molecule has 0 saturated carbocycles. The molecule has 0 aromatic heterocycles. The minimum atomic E-state index is -0.212. The van der Waals surface area contributed by atoms with Crippen LogP contribution in [-0.2, 0) is 4.79 Å². The quantitative estimate of drug-likeness (QED) is 0.845. The second-order valence-corrected chi connectivity index (χ2v) is 6.91. The lowest BCUT2D eigenvalue weighted by Crippen LogP contribution is -2.53. The van der Waals surface area contributed by atoms with Crippen LogP contribution in [0.15, 0.2) is 0 Å². The summed E-state index contributed by atoms with van der Waals surface area (Å²) in [6.07, 6.45) is 4.70. The van der Waals surface area contributed by atoms with Crippen LogP contribution in [-0.4, -0.2) is 80.0 Å². The van der Waals surface area contributed by atoms with Gasteiger partial charge in [0.25, 0.3) is 0 Å². The van der Waals surface area contributed by atoms with Crippen LogP contribution in [0.3, 0.4) is 0 Å². The van der Waals surface area contributed by atoms with Crippen LogP contribution in [0, 0.1) is 5.41 Å². The molecule has 0 unspecified atom stereocenters. The number of urea groups is 1. The lowest BCUT2D eigenvalue weighted by atomic mass is 9.72. The first-order chi connectivity index (χ1) is 10.5. The van der Waals surface area contributed by atoms with Gasteiger partial charge < -0.3 is 20.0 Å². The third-order valence-electron chi connectivity index (χ3n) is 5.18. The first-order valence-corrected chi connectivity index (χ1v) is 8.41. The molecule has 0 atom stereocenters.